The molecule has 0 unspecified atom stereocenters. The number of carbonyl (C=O) groups is 1. The molecule has 0 bridgehead atoms. The first kappa shape index (κ1) is 18.2. The molecule has 0 aliphatic heterocycles. The fourth-order valence-corrected chi connectivity index (χ4v) is 3.14. The summed E-state index contributed by atoms with van der Waals surface area (Å²) < 4.78 is 32.4. The summed E-state index contributed by atoms with van der Waals surface area (Å²) in [6, 6.07) is 8.85. The lowest BCUT2D eigenvalue weighted by Gasteiger charge is -2.13. The average Bonchev–Trinajstić information content (AvgIpc) is 2.60. The highest BCUT2D eigenvalue weighted by Crippen LogP contribution is 2.28. The zero-order chi connectivity index (χ0) is 18.6. The Hall–Kier alpha value is -3.14. The number of nitrogens with one attached hydrogen (secondary N) is 2. The summed E-state index contributed by atoms with van der Waals surface area (Å²) in [5.74, 6) is -0.208. The summed E-state index contributed by atoms with van der Waals surface area (Å²) in [5.41, 5.74) is -0.0934. The molecular formula is C15H15N3O6S. The van der Waals surface area contributed by atoms with Gasteiger partial charge in [-0.2, -0.15) is 0 Å². The van der Waals surface area contributed by atoms with Crippen molar-refractivity contribution in [2.45, 2.75) is 4.90 Å². The van der Waals surface area contributed by atoms with Crippen LogP contribution in [0.3, 0.4) is 0 Å². The maximum absolute atomic E-state index is 12.5. The smallest absolute Gasteiger partial charge is 0.270 e. The van der Waals surface area contributed by atoms with Crippen LogP contribution >= 0.6 is 0 Å². The van der Waals surface area contributed by atoms with E-state index in [9.17, 15) is 23.3 Å². The van der Waals surface area contributed by atoms with Crippen LogP contribution in [0.25, 0.3) is 0 Å². The molecule has 25 heavy (non-hydrogen) atoms. The first-order valence-corrected chi connectivity index (χ1v) is 8.44. The van der Waals surface area contributed by atoms with Crippen molar-refractivity contribution in [2.24, 2.45) is 0 Å². The standard InChI is InChI=1S/C15H15N3O6S/c1-16-15(19)10-6-7-14(24-2)13(8-10)17-25(22,23)12-5-3-4-11(9-12)18(20)21/h3-9,17H,1-2H3,(H,16,19). The zero-order valence-corrected chi connectivity index (χ0v) is 14.2. The van der Waals surface area contributed by atoms with Gasteiger partial charge in [0, 0.05) is 24.7 Å². The molecule has 0 spiro atoms. The molecule has 0 radical (unpaired) electrons. The molecule has 2 N–H and O–H groups in total. The highest BCUT2D eigenvalue weighted by molar-refractivity contribution is 7.92. The number of anilines is 1. The van der Waals surface area contributed by atoms with E-state index in [1.165, 1.54) is 50.6 Å². The topological polar surface area (TPSA) is 128 Å². The second-order valence-electron chi connectivity index (χ2n) is 4.85. The van der Waals surface area contributed by atoms with E-state index in [1.54, 1.807) is 0 Å². The molecule has 0 atom stereocenters. The van der Waals surface area contributed by atoms with Crippen LogP contribution < -0.4 is 14.8 Å². The van der Waals surface area contributed by atoms with E-state index in [2.05, 4.69) is 10.0 Å². The highest BCUT2D eigenvalue weighted by atomic mass is 32.2. The normalized spacial score (nSPS) is 10.8. The van der Waals surface area contributed by atoms with Crippen LogP contribution in [0.15, 0.2) is 47.4 Å². The predicted molar refractivity (Wildman–Crippen MR) is 90.3 cm³/mol. The number of non-ortho nitro benzene ring substituents is 1. The lowest BCUT2D eigenvalue weighted by atomic mass is 10.2. The molecule has 0 saturated carbocycles. The van der Waals surface area contributed by atoms with E-state index in [4.69, 9.17) is 4.74 Å². The lowest BCUT2D eigenvalue weighted by Crippen LogP contribution is -2.19. The summed E-state index contributed by atoms with van der Waals surface area (Å²) >= 11 is 0. The van der Waals surface area contributed by atoms with Crippen LogP contribution in [-0.2, 0) is 10.0 Å². The maximum atomic E-state index is 12.5. The Kier molecular flexibility index (Phi) is 5.22. The van der Waals surface area contributed by atoms with Crippen molar-refractivity contribution in [1.82, 2.24) is 5.32 Å². The Bertz CT molecular complexity index is 927. The second kappa shape index (κ2) is 7.18. The number of hydrogen-bond donors (Lipinski definition) is 2. The molecule has 2 rings (SSSR count). The molecule has 0 saturated heterocycles. The Labute approximate surface area is 143 Å². The van der Waals surface area contributed by atoms with E-state index in [-0.39, 0.29) is 27.6 Å². The molecule has 0 aromatic heterocycles. The molecule has 9 nitrogen and oxygen atoms in total. The third-order valence-electron chi connectivity index (χ3n) is 3.27. The van der Waals surface area contributed by atoms with Crippen molar-refractivity contribution < 1.29 is 22.9 Å². The number of nitro groups is 1. The minimum absolute atomic E-state index is 0.0371. The van der Waals surface area contributed by atoms with Crippen molar-refractivity contribution in [3.63, 3.8) is 0 Å². The number of benzene rings is 2. The highest BCUT2D eigenvalue weighted by Gasteiger charge is 2.20. The van der Waals surface area contributed by atoms with E-state index < -0.39 is 20.9 Å². The van der Waals surface area contributed by atoms with Gasteiger partial charge in [0.2, 0.25) is 0 Å². The summed E-state index contributed by atoms with van der Waals surface area (Å²) in [4.78, 5) is 21.6. The minimum Gasteiger partial charge on any atom is -0.495 e. The van der Waals surface area contributed by atoms with Crippen molar-refractivity contribution in [3.05, 3.63) is 58.1 Å². The van der Waals surface area contributed by atoms with Crippen LogP contribution in [0.1, 0.15) is 10.4 Å². The van der Waals surface area contributed by atoms with Gasteiger partial charge in [-0.3, -0.25) is 19.6 Å². The van der Waals surface area contributed by atoms with E-state index in [1.807, 2.05) is 0 Å². The quantitative estimate of drug-likeness (QED) is 0.593. The molecule has 2 aromatic rings. The van der Waals surface area contributed by atoms with Gasteiger partial charge in [0.25, 0.3) is 21.6 Å². The van der Waals surface area contributed by atoms with Gasteiger partial charge < -0.3 is 10.1 Å². The van der Waals surface area contributed by atoms with Gasteiger partial charge in [0.05, 0.1) is 22.6 Å². The molecular weight excluding hydrogens is 350 g/mol. The first-order valence-electron chi connectivity index (χ1n) is 6.96. The fourth-order valence-electron chi connectivity index (χ4n) is 2.04. The third-order valence-corrected chi connectivity index (χ3v) is 4.63. The molecule has 0 fully saturated rings. The van der Waals surface area contributed by atoms with Gasteiger partial charge in [-0.15, -0.1) is 0 Å². The van der Waals surface area contributed by atoms with E-state index in [0.717, 1.165) is 6.07 Å². The number of methoxy groups -OCH3 is 1. The minimum atomic E-state index is -4.12. The molecule has 1 amide bonds. The van der Waals surface area contributed by atoms with Gasteiger partial charge in [-0.25, -0.2) is 8.42 Å². The molecule has 0 aliphatic rings. The fraction of sp³-hybridized carbons (Fsp3) is 0.133. The van der Waals surface area contributed by atoms with Crippen LogP contribution in [0, 0.1) is 10.1 Å². The van der Waals surface area contributed by atoms with Crippen molar-refractivity contribution in [2.75, 3.05) is 18.9 Å². The van der Waals surface area contributed by atoms with Gasteiger partial charge in [-0.05, 0) is 24.3 Å². The van der Waals surface area contributed by atoms with Gasteiger partial charge >= 0.3 is 0 Å². The molecule has 0 heterocycles. The Balaban J connectivity index is 2.45. The number of rotatable bonds is 6. The van der Waals surface area contributed by atoms with Gasteiger partial charge in [0.15, 0.2) is 0 Å². The summed E-state index contributed by atoms with van der Waals surface area (Å²) in [7, 11) is -1.33. The number of ether oxygens (including phenoxy) is 1. The van der Waals surface area contributed by atoms with Crippen LogP contribution in [0.2, 0.25) is 0 Å². The zero-order valence-electron chi connectivity index (χ0n) is 13.3. The Morgan fingerprint density at radius 1 is 1.20 bits per heavy atom. The molecule has 0 aliphatic carbocycles. The molecule has 132 valence electrons. The third kappa shape index (κ3) is 4.04. The second-order valence-corrected chi connectivity index (χ2v) is 6.54. The number of sulfonamides is 1. The Morgan fingerprint density at radius 3 is 2.52 bits per heavy atom. The van der Waals surface area contributed by atoms with Crippen molar-refractivity contribution >= 4 is 27.3 Å². The van der Waals surface area contributed by atoms with Crippen LogP contribution in [0.5, 0.6) is 5.75 Å². The maximum Gasteiger partial charge on any atom is 0.270 e. The number of carbonyl (C=O) groups excluding carboxylic acids is 1. The lowest BCUT2D eigenvalue weighted by molar-refractivity contribution is -0.385. The largest absolute Gasteiger partial charge is 0.495 e. The monoisotopic (exact) mass is 365 g/mol. The summed E-state index contributed by atoms with van der Waals surface area (Å²) in [5, 5.41) is 13.2. The number of hydrogen-bond acceptors (Lipinski definition) is 6. The van der Waals surface area contributed by atoms with Crippen LogP contribution in [-0.4, -0.2) is 33.4 Å². The predicted octanol–water partition coefficient (Wildman–Crippen LogP) is 1.76. The first-order chi connectivity index (χ1) is 11.8. The van der Waals surface area contributed by atoms with Crippen LogP contribution in [0.4, 0.5) is 11.4 Å². The van der Waals surface area contributed by atoms with E-state index in [0.29, 0.717) is 0 Å². The summed E-state index contributed by atoms with van der Waals surface area (Å²) in [6.45, 7) is 0. The SMILES string of the molecule is CNC(=O)c1ccc(OC)c(NS(=O)(=O)c2cccc([N+](=O)[O-])c2)c1. The van der Waals surface area contributed by atoms with Crippen molar-refractivity contribution in [1.29, 1.82) is 0 Å². The van der Waals surface area contributed by atoms with Gasteiger partial charge in [-0.1, -0.05) is 6.07 Å². The van der Waals surface area contributed by atoms with E-state index >= 15 is 0 Å². The average molecular weight is 365 g/mol. The summed E-state index contributed by atoms with van der Waals surface area (Å²) in [6.07, 6.45) is 0. The number of nitro benzene ring substituents is 1. The molecule has 2 aromatic carbocycles. The Morgan fingerprint density at radius 2 is 1.92 bits per heavy atom. The number of nitrogens with zero attached hydrogens (tertiary/aromatic N) is 1. The number of amides is 1. The van der Waals surface area contributed by atoms with Crippen molar-refractivity contribution in [3.8, 4) is 5.75 Å². The van der Waals surface area contributed by atoms with Gasteiger partial charge in [0.1, 0.15) is 5.75 Å². The molecule has 10 heteroatoms.